The number of ketones is 1. The SMILES string of the molecule is CC(=C/C(=O)O)/C=C/[C@@]1(O)[C@H](C)CC(=O)CC1(C)C. The highest BCUT2D eigenvalue weighted by atomic mass is 16.4. The zero-order valence-corrected chi connectivity index (χ0v) is 11.9. The number of rotatable bonds is 3. The minimum Gasteiger partial charge on any atom is -0.478 e. The van der Waals surface area contributed by atoms with E-state index in [4.69, 9.17) is 5.11 Å². The fourth-order valence-electron chi connectivity index (χ4n) is 2.76. The third-order valence-corrected chi connectivity index (χ3v) is 3.96. The predicted octanol–water partition coefficient (Wildman–Crippen LogP) is 2.33. The highest BCUT2D eigenvalue weighted by molar-refractivity contribution is 5.81. The third kappa shape index (κ3) is 3.32. The number of carbonyl (C=O) groups excluding carboxylic acids is 1. The van der Waals surface area contributed by atoms with Gasteiger partial charge in [0.15, 0.2) is 0 Å². The van der Waals surface area contributed by atoms with Gasteiger partial charge in [-0.25, -0.2) is 4.79 Å². The maximum atomic E-state index is 11.6. The number of aliphatic carboxylic acids is 1. The van der Waals surface area contributed by atoms with Gasteiger partial charge in [0.05, 0.1) is 5.60 Å². The van der Waals surface area contributed by atoms with Gasteiger partial charge >= 0.3 is 5.97 Å². The van der Waals surface area contributed by atoms with Crippen molar-refractivity contribution in [3.8, 4) is 0 Å². The number of Topliss-reactive ketones (excluding diaryl/α,β-unsaturated/α-hetero) is 1. The largest absolute Gasteiger partial charge is 0.478 e. The first-order chi connectivity index (χ1) is 8.58. The van der Waals surface area contributed by atoms with Gasteiger partial charge in [0.2, 0.25) is 0 Å². The Morgan fingerprint density at radius 1 is 1.42 bits per heavy atom. The number of hydrogen-bond acceptors (Lipinski definition) is 3. The summed E-state index contributed by atoms with van der Waals surface area (Å²) in [4.78, 5) is 22.2. The summed E-state index contributed by atoms with van der Waals surface area (Å²) in [5.74, 6) is -1.04. The van der Waals surface area contributed by atoms with Crippen molar-refractivity contribution in [2.45, 2.75) is 46.1 Å². The lowest BCUT2D eigenvalue weighted by Gasteiger charge is -2.48. The van der Waals surface area contributed by atoms with Crippen molar-refractivity contribution < 1.29 is 19.8 Å². The third-order valence-electron chi connectivity index (χ3n) is 3.96. The number of allylic oxidation sites excluding steroid dienone is 2. The number of aliphatic hydroxyl groups is 1. The second-order valence-corrected chi connectivity index (χ2v) is 6.09. The predicted molar refractivity (Wildman–Crippen MR) is 72.7 cm³/mol. The van der Waals surface area contributed by atoms with E-state index >= 15 is 0 Å². The van der Waals surface area contributed by atoms with Crippen LogP contribution in [0.1, 0.15) is 40.5 Å². The summed E-state index contributed by atoms with van der Waals surface area (Å²) in [7, 11) is 0. The molecular weight excluding hydrogens is 244 g/mol. The van der Waals surface area contributed by atoms with Crippen molar-refractivity contribution in [2.75, 3.05) is 0 Å². The maximum Gasteiger partial charge on any atom is 0.328 e. The molecule has 1 rings (SSSR count). The maximum absolute atomic E-state index is 11.6. The van der Waals surface area contributed by atoms with Gasteiger partial charge in [-0.3, -0.25) is 4.79 Å². The van der Waals surface area contributed by atoms with Crippen molar-refractivity contribution in [1.29, 1.82) is 0 Å². The van der Waals surface area contributed by atoms with Gasteiger partial charge in [-0.15, -0.1) is 0 Å². The summed E-state index contributed by atoms with van der Waals surface area (Å²) in [6, 6.07) is 0. The van der Waals surface area contributed by atoms with E-state index in [0.717, 1.165) is 6.08 Å². The molecular formula is C15H22O4. The quantitative estimate of drug-likeness (QED) is 0.607. The van der Waals surface area contributed by atoms with Crippen molar-refractivity contribution in [3.05, 3.63) is 23.8 Å². The van der Waals surface area contributed by atoms with Crippen LogP contribution in [0.3, 0.4) is 0 Å². The van der Waals surface area contributed by atoms with Crippen LogP contribution in [0.5, 0.6) is 0 Å². The molecule has 106 valence electrons. The normalized spacial score (nSPS) is 31.7. The highest BCUT2D eigenvalue weighted by Crippen LogP contribution is 2.46. The topological polar surface area (TPSA) is 74.6 Å². The molecule has 0 aromatic heterocycles. The van der Waals surface area contributed by atoms with Crippen LogP contribution in [0.4, 0.5) is 0 Å². The molecule has 2 atom stereocenters. The van der Waals surface area contributed by atoms with Crippen LogP contribution in [0.15, 0.2) is 23.8 Å². The van der Waals surface area contributed by atoms with Gasteiger partial charge in [-0.05, 0) is 18.4 Å². The van der Waals surface area contributed by atoms with Crippen molar-refractivity contribution in [1.82, 2.24) is 0 Å². The molecule has 1 saturated carbocycles. The first-order valence-electron chi connectivity index (χ1n) is 6.43. The summed E-state index contributed by atoms with van der Waals surface area (Å²) in [5.41, 5.74) is -1.10. The average molecular weight is 266 g/mol. The number of carboxylic acids is 1. The molecule has 0 bridgehead atoms. The van der Waals surface area contributed by atoms with Gasteiger partial charge < -0.3 is 10.2 Å². The Bertz CT molecular complexity index is 445. The first-order valence-corrected chi connectivity index (χ1v) is 6.43. The molecule has 1 fully saturated rings. The van der Waals surface area contributed by atoms with Crippen LogP contribution in [-0.4, -0.2) is 27.6 Å². The van der Waals surface area contributed by atoms with Crippen molar-refractivity contribution in [3.63, 3.8) is 0 Å². The molecule has 0 radical (unpaired) electrons. The molecule has 4 heteroatoms. The Balaban J connectivity index is 3.04. The lowest BCUT2D eigenvalue weighted by Crippen LogP contribution is -2.53. The smallest absolute Gasteiger partial charge is 0.328 e. The van der Waals surface area contributed by atoms with E-state index < -0.39 is 17.0 Å². The Kier molecular flexibility index (Phi) is 4.35. The highest BCUT2D eigenvalue weighted by Gasteiger charge is 2.50. The van der Waals surface area contributed by atoms with Crippen LogP contribution in [0.25, 0.3) is 0 Å². The summed E-state index contributed by atoms with van der Waals surface area (Å²) in [6.07, 6.45) is 5.03. The van der Waals surface area contributed by atoms with Crippen molar-refractivity contribution in [2.24, 2.45) is 11.3 Å². The standard InChI is InChI=1S/C15H22O4/c1-10(7-13(17)18)5-6-15(19)11(2)8-12(16)9-14(15,3)4/h5-7,11,19H,8-9H2,1-4H3,(H,17,18)/b6-5+,10-7-/t11-,15-/m1/s1. The van der Waals surface area contributed by atoms with E-state index in [2.05, 4.69) is 0 Å². The summed E-state index contributed by atoms with van der Waals surface area (Å²) < 4.78 is 0. The Morgan fingerprint density at radius 3 is 2.47 bits per heavy atom. The van der Waals surface area contributed by atoms with Gasteiger partial charge in [-0.2, -0.15) is 0 Å². The van der Waals surface area contributed by atoms with E-state index in [1.165, 1.54) is 0 Å². The zero-order valence-electron chi connectivity index (χ0n) is 11.9. The molecule has 1 aliphatic carbocycles. The van der Waals surface area contributed by atoms with Crippen molar-refractivity contribution >= 4 is 11.8 Å². The fraction of sp³-hybridized carbons (Fsp3) is 0.600. The van der Waals surface area contributed by atoms with Gasteiger partial charge in [0.1, 0.15) is 5.78 Å². The summed E-state index contributed by atoms with van der Waals surface area (Å²) >= 11 is 0. The van der Waals surface area contributed by atoms with E-state index in [-0.39, 0.29) is 11.7 Å². The minimum absolute atomic E-state index is 0.161. The second-order valence-electron chi connectivity index (χ2n) is 6.09. The van der Waals surface area contributed by atoms with Crippen LogP contribution < -0.4 is 0 Å². The molecule has 0 heterocycles. The van der Waals surface area contributed by atoms with E-state index in [9.17, 15) is 14.7 Å². The van der Waals surface area contributed by atoms with Gasteiger partial charge in [0, 0.05) is 24.3 Å². The monoisotopic (exact) mass is 266 g/mol. The molecule has 1 aliphatic rings. The number of carbonyl (C=O) groups is 2. The molecule has 4 nitrogen and oxygen atoms in total. The van der Waals surface area contributed by atoms with E-state index in [1.807, 2.05) is 20.8 Å². The number of carboxylic acid groups (broad SMARTS) is 1. The Morgan fingerprint density at radius 2 is 2.00 bits per heavy atom. The summed E-state index contributed by atoms with van der Waals surface area (Å²) in [5, 5.41) is 19.5. The van der Waals surface area contributed by atoms with E-state index in [0.29, 0.717) is 18.4 Å². The molecule has 0 aromatic carbocycles. The zero-order chi connectivity index (χ0) is 14.8. The molecule has 0 aliphatic heterocycles. The number of hydrogen-bond donors (Lipinski definition) is 2. The fourth-order valence-corrected chi connectivity index (χ4v) is 2.76. The van der Waals surface area contributed by atoms with Gasteiger partial charge in [-0.1, -0.05) is 32.9 Å². The molecule has 0 saturated heterocycles. The van der Waals surface area contributed by atoms with Crippen LogP contribution >= 0.6 is 0 Å². The lowest BCUT2D eigenvalue weighted by atomic mass is 9.60. The molecule has 19 heavy (non-hydrogen) atoms. The Labute approximate surface area is 113 Å². The minimum atomic E-state index is -1.10. The van der Waals surface area contributed by atoms with Crippen LogP contribution in [0.2, 0.25) is 0 Å². The average Bonchev–Trinajstić information content (AvgIpc) is 2.21. The molecule has 0 aromatic rings. The van der Waals surface area contributed by atoms with Crippen LogP contribution in [-0.2, 0) is 9.59 Å². The summed E-state index contributed by atoms with van der Waals surface area (Å²) in [6.45, 7) is 7.24. The Hall–Kier alpha value is -1.42. The molecule has 2 N–H and O–H groups in total. The van der Waals surface area contributed by atoms with Crippen LogP contribution in [0, 0.1) is 11.3 Å². The lowest BCUT2D eigenvalue weighted by molar-refractivity contribution is -0.142. The molecule has 0 spiro atoms. The molecule has 0 amide bonds. The first kappa shape index (κ1) is 15.6. The van der Waals surface area contributed by atoms with E-state index in [1.54, 1.807) is 19.1 Å². The second kappa shape index (κ2) is 5.29. The van der Waals surface area contributed by atoms with Gasteiger partial charge in [0.25, 0.3) is 0 Å². The molecule has 0 unspecified atom stereocenters.